The molecule has 2 aromatic carbocycles. The second-order valence-corrected chi connectivity index (χ2v) is 4.98. The van der Waals surface area contributed by atoms with Crippen LogP contribution in [0.15, 0.2) is 42.5 Å². The van der Waals surface area contributed by atoms with Gasteiger partial charge in [-0.1, -0.05) is 29.8 Å². The molecule has 3 heteroatoms. The first-order valence-corrected chi connectivity index (χ1v) is 6.95. The molecule has 0 aliphatic heterocycles. The average Bonchev–Trinajstić information content (AvgIpc) is 2.52. The fourth-order valence-electron chi connectivity index (χ4n) is 2.28. The van der Waals surface area contributed by atoms with E-state index in [9.17, 15) is 4.79 Å². The Kier molecular flexibility index (Phi) is 4.99. The fourth-order valence-corrected chi connectivity index (χ4v) is 2.28. The summed E-state index contributed by atoms with van der Waals surface area (Å²) < 4.78 is 10.4. The predicted molar refractivity (Wildman–Crippen MR) is 83.4 cm³/mol. The molecule has 0 heterocycles. The topological polar surface area (TPSA) is 35.5 Å². The van der Waals surface area contributed by atoms with Crippen molar-refractivity contribution in [2.24, 2.45) is 0 Å². The van der Waals surface area contributed by atoms with E-state index in [1.165, 1.54) is 11.1 Å². The van der Waals surface area contributed by atoms with Gasteiger partial charge in [0.05, 0.1) is 14.2 Å². The summed E-state index contributed by atoms with van der Waals surface area (Å²) >= 11 is 0. The standard InChI is InChI=1S/C18H20O3/c1-13-5-4-6-14(11-13)7-9-16(19)15-8-10-17(20-2)18(12-15)21-3/h4-6,8,10-12H,7,9H2,1-3H3. The molecule has 110 valence electrons. The van der Waals surface area contributed by atoms with Crippen LogP contribution in [0, 0.1) is 6.92 Å². The Hall–Kier alpha value is -2.29. The number of methoxy groups -OCH3 is 2. The second kappa shape index (κ2) is 6.93. The van der Waals surface area contributed by atoms with Crippen molar-refractivity contribution in [1.29, 1.82) is 0 Å². The molecule has 0 saturated carbocycles. The van der Waals surface area contributed by atoms with Gasteiger partial charge in [0, 0.05) is 12.0 Å². The van der Waals surface area contributed by atoms with Gasteiger partial charge in [0.2, 0.25) is 0 Å². The minimum absolute atomic E-state index is 0.109. The highest BCUT2D eigenvalue weighted by Crippen LogP contribution is 2.28. The highest BCUT2D eigenvalue weighted by molar-refractivity contribution is 5.96. The Balaban J connectivity index is 2.06. The molecule has 0 aliphatic carbocycles. The molecule has 0 saturated heterocycles. The van der Waals surface area contributed by atoms with Gasteiger partial charge in [0.25, 0.3) is 0 Å². The van der Waals surface area contributed by atoms with Crippen LogP contribution in [-0.2, 0) is 6.42 Å². The first kappa shape index (κ1) is 15.1. The monoisotopic (exact) mass is 284 g/mol. The van der Waals surface area contributed by atoms with Crippen LogP contribution in [0.25, 0.3) is 0 Å². The van der Waals surface area contributed by atoms with E-state index in [-0.39, 0.29) is 5.78 Å². The van der Waals surface area contributed by atoms with Crippen LogP contribution in [0.2, 0.25) is 0 Å². The molecule has 0 N–H and O–H groups in total. The molecule has 21 heavy (non-hydrogen) atoms. The van der Waals surface area contributed by atoms with Crippen LogP contribution in [0.3, 0.4) is 0 Å². The maximum absolute atomic E-state index is 12.3. The first-order chi connectivity index (χ1) is 10.1. The molecule has 0 atom stereocenters. The lowest BCUT2D eigenvalue weighted by Crippen LogP contribution is -2.02. The molecule has 0 unspecified atom stereocenters. The van der Waals surface area contributed by atoms with E-state index in [4.69, 9.17) is 9.47 Å². The van der Waals surface area contributed by atoms with Crippen LogP contribution in [0.1, 0.15) is 27.9 Å². The Morgan fingerprint density at radius 3 is 2.43 bits per heavy atom. The third-order valence-electron chi connectivity index (χ3n) is 3.43. The van der Waals surface area contributed by atoms with Crippen molar-refractivity contribution in [1.82, 2.24) is 0 Å². The molecular weight excluding hydrogens is 264 g/mol. The third-order valence-corrected chi connectivity index (χ3v) is 3.43. The first-order valence-electron chi connectivity index (χ1n) is 6.95. The molecule has 2 rings (SSSR count). The smallest absolute Gasteiger partial charge is 0.163 e. The Morgan fingerprint density at radius 1 is 1.00 bits per heavy atom. The summed E-state index contributed by atoms with van der Waals surface area (Å²) in [6.45, 7) is 2.06. The number of hydrogen-bond donors (Lipinski definition) is 0. The highest BCUT2D eigenvalue weighted by atomic mass is 16.5. The van der Waals surface area contributed by atoms with Crippen molar-refractivity contribution in [3.63, 3.8) is 0 Å². The number of rotatable bonds is 6. The molecule has 0 aromatic heterocycles. The zero-order valence-electron chi connectivity index (χ0n) is 12.7. The predicted octanol–water partition coefficient (Wildman–Crippen LogP) is 3.83. The lowest BCUT2D eigenvalue weighted by molar-refractivity contribution is 0.0982. The van der Waals surface area contributed by atoms with E-state index in [0.717, 1.165) is 6.42 Å². The van der Waals surface area contributed by atoms with Gasteiger partial charge < -0.3 is 9.47 Å². The summed E-state index contributed by atoms with van der Waals surface area (Å²) in [7, 11) is 3.15. The van der Waals surface area contributed by atoms with E-state index in [2.05, 4.69) is 25.1 Å². The van der Waals surface area contributed by atoms with Crippen molar-refractivity contribution in [3.05, 3.63) is 59.2 Å². The van der Waals surface area contributed by atoms with Crippen LogP contribution in [0.5, 0.6) is 11.5 Å². The van der Waals surface area contributed by atoms with Gasteiger partial charge in [-0.05, 0) is 37.1 Å². The Morgan fingerprint density at radius 2 is 1.76 bits per heavy atom. The average molecular weight is 284 g/mol. The summed E-state index contributed by atoms with van der Waals surface area (Å²) in [5.41, 5.74) is 3.05. The van der Waals surface area contributed by atoms with E-state index in [1.807, 2.05) is 6.07 Å². The quantitative estimate of drug-likeness (QED) is 0.756. The Labute approximate surface area is 125 Å². The van der Waals surface area contributed by atoms with E-state index >= 15 is 0 Å². The van der Waals surface area contributed by atoms with E-state index in [0.29, 0.717) is 23.5 Å². The molecule has 0 amide bonds. The molecule has 0 radical (unpaired) electrons. The largest absolute Gasteiger partial charge is 0.493 e. The highest BCUT2D eigenvalue weighted by Gasteiger charge is 2.11. The van der Waals surface area contributed by atoms with Crippen LogP contribution in [-0.4, -0.2) is 20.0 Å². The van der Waals surface area contributed by atoms with Gasteiger partial charge in [0.15, 0.2) is 17.3 Å². The summed E-state index contributed by atoms with van der Waals surface area (Å²) in [6.07, 6.45) is 1.23. The van der Waals surface area contributed by atoms with E-state index in [1.54, 1.807) is 32.4 Å². The number of hydrogen-bond acceptors (Lipinski definition) is 3. The van der Waals surface area contributed by atoms with Crippen molar-refractivity contribution in [2.45, 2.75) is 19.8 Å². The number of carbonyl (C=O) groups is 1. The molecule has 2 aromatic rings. The second-order valence-electron chi connectivity index (χ2n) is 4.98. The maximum atomic E-state index is 12.3. The fraction of sp³-hybridized carbons (Fsp3) is 0.278. The van der Waals surface area contributed by atoms with Gasteiger partial charge in [0.1, 0.15) is 0 Å². The zero-order valence-corrected chi connectivity index (χ0v) is 12.7. The molecule has 3 nitrogen and oxygen atoms in total. The maximum Gasteiger partial charge on any atom is 0.163 e. The summed E-state index contributed by atoms with van der Waals surface area (Å²) in [4.78, 5) is 12.3. The minimum Gasteiger partial charge on any atom is -0.493 e. The van der Waals surface area contributed by atoms with Crippen molar-refractivity contribution < 1.29 is 14.3 Å². The SMILES string of the molecule is COc1ccc(C(=O)CCc2cccc(C)c2)cc1OC. The zero-order chi connectivity index (χ0) is 15.2. The number of aryl methyl sites for hydroxylation is 2. The van der Waals surface area contributed by atoms with Gasteiger partial charge in [-0.2, -0.15) is 0 Å². The number of benzene rings is 2. The molecular formula is C18H20O3. The summed E-state index contributed by atoms with van der Waals surface area (Å²) in [6, 6.07) is 13.5. The number of carbonyl (C=O) groups excluding carboxylic acids is 1. The van der Waals surface area contributed by atoms with Crippen LogP contribution < -0.4 is 9.47 Å². The van der Waals surface area contributed by atoms with Gasteiger partial charge in [-0.25, -0.2) is 0 Å². The van der Waals surface area contributed by atoms with E-state index < -0.39 is 0 Å². The van der Waals surface area contributed by atoms with Gasteiger partial charge in [-0.15, -0.1) is 0 Å². The number of ketones is 1. The molecule has 0 fully saturated rings. The van der Waals surface area contributed by atoms with Gasteiger partial charge in [-0.3, -0.25) is 4.79 Å². The lowest BCUT2D eigenvalue weighted by Gasteiger charge is -2.09. The Bertz CT molecular complexity index is 632. The normalized spacial score (nSPS) is 10.2. The molecule has 0 bridgehead atoms. The van der Waals surface area contributed by atoms with Crippen LogP contribution >= 0.6 is 0 Å². The summed E-state index contributed by atoms with van der Waals surface area (Å²) in [5, 5.41) is 0. The van der Waals surface area contributed by atoms with Crippen molar-refractivity contribution in [3.8, 4) is 11.5 Å². The van der Waals surface area contributed by atoms with Crippen molar-refractivity contribution >= 4 is 5.78 Å². The molecule has 0 spiro atoms. The minimum atomic E-state index is 0.109. The number of ether oxygens (including phenoxy) is 2. The molecule has 0 aliphatic rings. The third kappa shape index (κ3) is 3.85. The summed E-state index contributed by atoms with van der Waals surface area (Å²) in [5.74, 6) is 1.32. The van der Waals surface area contributed by atoms with Crippen LogP contribution in [0.4, 0.5) is 0 Å². The van der Waals surface area contributed by atoms with Gasteiger partial charge >= 0.3 is 0 Å². The van der Waals surface area contributed by atoms with Crippen molar-refractivity contribution in [2.75, 3.05) is 14.2 Å². The number of Topliss-reactive ketones (excluding diaryl/α,β-unsaturated/α-hetero) is 1. The lowest BCUT2D eigenvalue weighted by atomic mass is 10.0.